The summed E-state index contributed by atoms with van der Waals surface area (Å²) in [6.07, 6.45) is 0.802. The largest absolute Gasteiger partial charge is 0.337 e. The van der Waals surface area contributed by atoms with Crippen LogP contribution in [-0.4, -0.2) is 29.8 Å². The van der Waals surface area contributed by atoms with Gasteiger partial charge in [0.15, 0.2) is 3.95 Å². The number of amides is 2. The van der Waals surface area contributed by atoms with Crippen molar-refractivity contribution >= 4 is 34.7 Å². The Kier molecular flexibility index (Phi) is 4.64. The number of anilines is 1. The maximum Gasteiger partial charge on any atom is 0.323 e. The number of urea groups is 1. The zero-order valence-corrected chi connectivity index (χ0v) is 12.1. The molecule has 0 aliphatic carbocycles. The standard InChI is InChI=1S/C12H14N4OS2/c1-16(11-14-15-12(18)19-11)10(17)13-8-7-9-5-3-2-4-6-9/h2-6H,7-8H2,1H3,(H,13,17)(H,15,18). The van der Waals surface area contributed by atoms with Crippen molar-refractivity contribution in [3.8, 4) is 0 Å². The number of carbonyl (C=O) groups is 1. The molecule has 2 amide bonds. The van der Waals surface area contributed by atoms with Crippen molar-refractivity contribution in [1.82, 2.24) is 15.5 Å². The fourth-order valence-electron chi connectivity index (χ4n) is 1.53. The predicted molar refractivity (Wildman–Crippen MR) is 79.2 cm³/mol. The number of benzene rings is 1. The lowest BCUT2D eigenvalue weighted by Crippen LogP contribution is -2.38. The van der Waals surface area contributed by atoms with Crippen LogP contribution in [0.3, 0.4) is 0 Å². The molecule has 0 aliphatic heterocycles. The first-order valence-electron chi connectivity index (χ1n) is 5.78. The van der Waals surface area contributed by atoms with Gasteiger partial charge in [0.25, 0.3) is 0 Å². The summed E-state index contributed by atoms with van der Waals surface area (Å²) in [6.45, 7) is 0.586. The van der Waals surface area contributed by atoms with E-state index in [4.69, 9.17) is 12.2 Å². The summed E-state index contributed by atoms with van der Waals surface area (Å²) >= 11 is 6.20. The quantitative estimate of drug-likeness (QED) is 0.852. The van der Waals surface area contributed by atoms with E-state index in [2.05, 4.69) is 15.5 Å². The number of H-pyrrole nitrogens is 1. The lowest BCUT2D eigenvalue weighted by molar-refractivity contribution is 0.247. The maximum atomic E-state index is 11.9. The second-order valence-electron chi connectivity index (χ2n) is 3.92. The van der Waals surface area contributed by atoms with E-state index in [1.165, 1.54) is 21.8 Å². The number of hydrogen-bond donors (Lipinski definition) is 2. The molecule has 100 valence electrons. The van der Waals surface area contributed by atoms with E-state index in [0.717, 1.165) is 6.42 Å². The molecule has 0 radical (unpaired) electrons. The number of aromatic nitrogens is 2. The van der Waals surface area contributed by atoms with Gasteiger partial charge >= 0.3 is 6.03 Å². The minimum atomic E-state index is -0.186. The van der Waals surface area contributed by atoms with Gasteiger partial charge in [-0.2, -0.15) is 0 Å². The zero-order chi connectivity index (χ0) is 13.7. The van der Waals surface area contributed by atoms with Crippen LogP contribution in [0.5, 0.6) is 0 Å². The van der Waals surface area contributed by atoms with Crippen molar-refractivity contribution < 1.29 is 4.79 Å². The number of rotatable bonds is 4. The van der Waals surface area contributed by atoms with Crippen molar-refractivity contribution in [3.63, 3.8) is 0 Å². The van der Waals surface area contributed by atoms with E-state index in [9.17, 15) is 4.79 Å². The second kappa shape index (κ2) is 6.44. The van der Waals surface area contributed by atoms with Gasteiger partial charge in [0.1, 0.15) is 0 Å². The molecular weight excluding hydrogens is 280 g/mol. The Morgan fingerprint density at radius 3 is 2.84 bits per heavy atom. The third kappa shape index (κ3) is 3.87. The van der Waals surface area contributed by atoms with Crippen molar-refractivity contribution in [2.24, 2.45) is 0 Å². The highest BCUT2D eigenvalue weighted by molar-refractivity contribution is 7.73. The van der Waals surface area contributed by atoms with Crippen LogP contribution in [0, 0.1) is 3.95 Å². The Bertz CT molecular complexity index is 593. The molecule has 7 heteroatoms. The first kappa shape index (κ1) is 13.7. The molecule has 0 saturated carbocycles. The van der Waals surface area contributed by atoms with Crippen LogP contribution in [0.1, 0.15) is 5.56 Å². The van der Waals surface area contributed by atoms with Crippen LogP contribution < -0.4 is 10.2 Å². The van der Waals surface area contributed by atoms with E-state index in [1.54, 1.807) is 7.05 Å². The lowest BCUT2D eigenvalue weighted by atomic mass is 10.1. The van der Waals surface area contributed by atoms with E-state index in [1.807, 2.05) is 30.3 Å². The average molecular weight is 294 g/mol. The molecule has 0 spiro atoms. The minimum absolute atomic E-state index is 0.186. The van der Waals surface area contributed by atoms with Crippen LogP contribution in [-0.2, 0) is 6.42 Å². The Morgan fingerprint density at radius 1 is 1.47 bits per heavy atom. The Morgan fingerprint density at radius 2 is 2.21 bits per heavy atom. The number of nitrogens with zero attached hydrogens (tertiary/aromatic N) is 2. The summed E-state index contributed by atoms with van der Waals surface area (Å²) in [4.78, 5) is 13.3. The lowest BCUT2D eigenvalue weighted by Gasteiger charge is -2.14. The van der Waals surface area contributed by atoms with E-state index in [0.29, 0.717) is 15.6 Å². The maximum absolute atomic E-state index is 11.9. The Hall–Kier alpha value is -1.73. The molecular formula is C12H14N4OS2. The SMILES string of the molecule is CN(C(=O)NCCc1ccccc1)c1n[nH]c(=S)s1. The van der Waals surface area contributed by atoms with Crippen LogP contribution in [0.2, 0.25) is 0 Å². The zero-order valence-electron chi connectivity index (χ0n) is 10.4. The molecule has 1 aromatic heterocycles. The molecule has 1 aromatic carbocycles. The summed E-state index contributed by atoms with van der Waals surface area (Å²) in [5.41, 5.74) is 1.20. The molecule has 0 unspecified atom stereocenters. The van der Waals surface area contributed by atoms with Crippen LogP contribution in [0.4, 0.5) is 9.93 Å². The number of aromatic amines is 1. The molecule has 5 nitrogen and oxygen atoms in total. The van der Waals surface area contributed by atoms with Crippen molar-refractivity contribution in [2.75, 3.05) is 18.5 Å². The first-order valence-corrected chi connectivity index (χ1v) is 7.00. The van der Waals surface area contributed by atoms with Gasteiger partial charge in [0.2, 0.25) is 5.13 Å². The van der Waals surface area contributed by atoms with Crippen LogP contribution in [0.15, 0.2) is 30.3 Å². The van der Waals surface area contributed by atoms with E-state index in [-0.39, 0.29) is 6.03 Å². The number of hydrogen-bond acceptors (Lipinski definition) is 4. The molecule has 1 heterocycles. The topological polar surface area (TPSA) is 61.0 Å². The highest BCUT2D eigenvalue weighted by Crippen LogP contribution is 2.15. The third-order valence-corrected chi connectivity index (χ3v) is 3.72. The molecule has 19 heavy (non-hydrogen) atoms. The molecule has 0 bridgehead atoms. The monoisotopic (exact) mass is 294 g/mol. The summed E-state index contributed by atoms with van der Waals surface area (Å²) < 4.78 is 0.555. The van der Waals surface area contributed by atoms with Gasteiger partial charge in [0.05, 0.1) is 0 Å². The Balaban J connectivity index is 1.83. The highest BCUT2D eigenvalue weighted by atomic mass is 32.1. The first-order chi connectivity index (χ1) is 9.16. The van der Waals surface area contributed by atoms with E-state index >= 15 is 0 Å². The van der Waals surface area contributed by atoms with Crippen molar-refractivity contribution in [1.29, 1.82) is 0 Å². The van der Waals surface area contributed by atoms with E-state index < -0.39 is 0 Å². The van der Waals surface area contributed by atoms with Gasteiger partial charge in [-0.05, 0) is 24.2 Å². The molecule has 2 rings (SSSR count). The molecule has 0 aliphatic rings. The van der Waals surface area contributed by atoms with Crippen molar-refractivity contribution in [2.45, 2.75) is 6.42 Å². The number of carbonyl (C=O) groups excluding carboxylic acids is 1. The van der Waals surface area contributed by atoms with Gasteiger partial charge in [-0.1, -0.05) is 41.7 Å². The number of nitrogens with one attached hydrogen (secondary N) is 2. The molecule has 0 fully saturated rings. The second-order valence-corrected chi connectivity index (χ2v) is 5.57. The molecule has 2 N–H and O–H groups in total. The van der Waals surface area contributed by atoms with Gasteiger partial charge in [-0.3, -0.25) is 10.00 Å². The molecule has 0 atom stereocenters. The Labute approximate surface area is 120 Å². The molecule has 2 aromatic rings. The fraction of sp³-hybridized carbons (Fsp3) is 0.250. The third-order valence-electron chi connectivity index (χ3n) is 2.55. The normalized spacial score (nSPS) is 10.2. The predicted octanol–water partition coefficient (Wildman–Crippen LogP) is 2.59. The van der Waals surface area contributed by atoms with Crippen molar-refractivity contribution in [3.05, 3.63) is 39.8 Å². The molecule has 0 saturated heterocycles. The average Bonchev–Trinajstić information content (AvgIpc) is 2.85. The van der Waals surface area contributed by atoms with Gasteiger partial charge < -0.3 is 5.32 Å². The summed E-state index contributed by atoms with van der Waals surface area (Å²) in [6, 6.07) is 9.83. The van der Waals surface area contributed by atoms with Crippen LogP contribution in [0.25, 0.3) is 0 Å². The van der Waals surface area contributed by atoms with Gasteiger partial charge in [-0.25, -0.2) is 4.79 Å². The fourth-order valence-corrected chi connectivity index (χ4v) is 2.37. The minimum Gasteiger partial charge on any atom is -0.337 e. The summed E-state index contributed by atoms with van der Waals surface area (Å²) in [7, 11) is 1.67. The van der Waals surface area contributed by atoms with Crippen LogP contribution >= 0.6 is 23.6 Å². The van der Waals surface area contributed by atoms with Gasteiger partial charge in [-0.15, -0.1) is 5.10 Å². The summed E-state index contributed by atoms with van der Waals surface area (Å²) in [5, 5.41) is 10.0. The highest BCUT2D eigenvalue weighted by Gasteiger charge is 2.12. The van der Waals surface area contributed by atoms with Gasteiger partial charge in [0, 0.05) is 13.6 Å². The summed E-state index contributed by atoms with van der Waals surface area (Å²) in [5.74, 6) is 0. The smallest absolute Gasteiger partial charge is 0.323 e.